The number of rotatable bonds is 5. The summed E-state index contributed by atoms with van der Waals surface area (Å²) in [6.07, 6.45) is 3.14. The maximum Gasteiger partial charge on any atom is 0.340 e. The number of nitroso groups, excluding NO2 is 1. The van der Waals surface area contributed by atoms with Gasteiger partial charge in [0.1, 0.15) is 0 Å². The number of carboxylic acid groups (broad SMARTS) is 1. The Morgan fingerprint density at radius 2 is 1.86 bits per heavy atom. The van der Waals surface area contributed by atoms with Gasteiger partial charge in [0, 0.05) is 19.3 Å². The number of aliphatic carboxylic acids is 1. The minimum atomic E-state index is -0.833. The minimum Gasteiger partial charge on any atom is -0.481 e. The smallest absolute Gasteiger partial charge is 0.340 e. The van der Waals surface area contributed by atoms with Crippen LogP contribution in [0.3, 0.4) is 0 Å². The SMILES string of the molecule is CC(=O)O.O=NN(CCCl)C(=O)NCC1CCC(O)CC1. The molecule has 1 fully saturated rings. The molecule has 0 aromatic carbocycles. The maximum absolute atomic E-state index is 11.5. The van der Waals surface area contributed by atoms with Crippen LogP contribution in [0.15, 0.2) is 5.29 Å². The first-order valence-corrected chi connectivity index (χ1v) is 7.26. The average Bonchev–Trinajstić information content (AvgIpc) is 2.43. The van der Waals surface area contributed by atoms with Gasteiger partial charge in [0.25, 0.3) is 5.97 Å². The number of hydrogen-bond donors (Lipinski definition) is 3. The Morgan fingerprint density at radius 1 is 1.33 bits per heavy atom. The molecule has 3 N–H and O–H groups in total. The van der Waals surface area contributed by atoms with E-state index >= 15 is 0 Å². The molecule has 8 nitrogen and oxygen atoms in total. The summed E-state index contributed by atoms with van der Waals surface area (Å²) < 4.78 is 0. The molecular weight excluding hydrogens is 302 g/mol. The van der Waals surface area contributed by atoms with Crippen LogP contribution in [0.4, 0.5) is 4.79 Å². The number of carbonyl (C=O) groups is 2. The van der Waals surface area contributed by atoms with Gasteiger partial charge in [-0.15, -0.1) is 16.5 Å². The van der Waals surface area contributed by atoms with E-state index in [1.807, 2.05) is 0 Å². The summed E-state index contributed by atoms with van der Waals surface area (Å²) in [5, 5.41) is 22.8. The molecule has 0 aliphatic heterocycles. The molecule has 0 spiro atoms. The van der Waals surface area contributed by atoms with Gasteiger partial charge in [0.2, 0.25) is 0 Å². The molecule has 2 amide bonds. The molecule has 0 heterocycles. The first-order valence-electron chi connectivity index (χ1n) is 6.72. The molecule has 0 aromatic rings. The lowest BCUT2D eigenvalue weighted by atomic mass is 9.87. The van der Waals surface area contributed by atoms with Crippen LogP contribution in [0.2, 0.25) is 0 Å². The van der Waals surface area contributed by atoms with Crippen molar-refractivity contribution >= 4 is 23.6 Å². The average molecular weight is 324 g/mol. The van der Waals surface area contributed by atoms with E-state index in [9.17, 15) is 14.8 Å². The molecule has 1 aliphatic carbocycles. The van der Waals surface area contributed by atoms with Crippen molar-refractivity contribution in [2.75, 3.05) is 19.0 Å². The van der Waals surface area contributed by atoms with E-state index in [1.54, 1.807) is 0 Å². The first-order chi connectivity index (χ1) is 9.90. The number of halogens is 1. The Bertz CT molecular complexity index is 331. The van der Waals surface area contributed by atoms with Gasteiger partial charge in [0.15, 0.2) is 0 Å². The molecular formula is C12H22ClN3O5. The van der Waals surface area contributed by atoms with Crippen LogP contribution >= 0.6 is 11.6 Å². The Labute approximate surface area is 128 Å². The van der Waals surface area contributed by atoms with Gasteiger partial charge in [-0.1, -0.05) is 0 Å². The number of urea groups is 1. The van der Waals surface area contributed by atoms with Crippen molar-refractivity contribution in [1.29, 1.82) is 0 Å². The Balaban J connectivity index is 0.000000885. The van der Waals surface area contributed by atoms with Crippen molar-refractivity contribution in [1.82, 2.24) is 10.3 Å². The molecule has 0 aromatic heterocycles. The van der Waals surface area contributed by atoms with Crippen molar-refractivity contribution < 1.29 is 19.8 Å². The second kappa shape index (κ2) is 11.3. The standard InChI is InChI=1S/C10H18ClN3O3.C2H4O2/c11-5-6-14(13-17)10(16)12-7-8-1-3-9(15)4-2-8;1-2(3)4/h8-9,15H,1-7H2,(H,12,16);1H3,(H,3,4). The summed E-state index contributed by atoms with van der Waals surface area (Å²) in [5.74, 6) is -0.290. The highest BCUT2D eigenvalue weighted by molar-refractivity contribution is 6.18. The van der Waals surface area contributed by atoms with Gasteiger partial charge >= 0.3 is 6.03 Å². The molecule has 1 aliphatic rings. The normalized spacial score (nSPS) is 20.7. The van der Waals surface area contributed by atoms with E-state index < -0.39 is 12.0 Å². The second-order valence-corrected chi connectivity index (χ2v) is 5.15. The van der Waals surface area contributed by atoms with E-state index in [2.05, 4.69) is 10.6 Å². The number of aliphatic hydroxyl groups excluding tert-OH is 1. The topological polar surface area (TPSA) is 119 Å². The van der Waals surface area contributed by atoms with E-state index in [0.717, 1.165) is 37.6 Å². The Hall–Kier alpha value is -1.41. The summed E-state index contributed by atoms with van der Waals surface area (Å²) in [5.41, 5.74) is 0. The third-order valence-corrected chi connectivity index (χ3v) is 3.16. The number of aliphatic hydroxyl groups is 1. The molecule has 0 unspecified atom stereocenters. The predicted octanol–water partition coefficient (Wildman–Crippen LogP) is 1.56. The molecule has 0 saturated heterocycles. The lowest BCUT2D eigenvalue weighted by Crippen LogP contribution is -2.40. The Morgan fingerprint density at radius 3 is 2.29 bits per heavy atom. The fraction of sp³-hybridized carbons (Fsp3) is 0.833. The minimum absolute atomic E-state index is 0.111. The Kier molecular flexibility index (Phi) is 10.5. The first kappa shape index (κ1) is 19.6. The van der Waals surface area contributed by atoms with Crippen LogP contribution in [0.1, 0.15) is 32.6 Å². The number of hydrogen-bond acceptors (Lipinski definition) is 5. The zero-order valence-corrected chi connectivity index (χ0v) is 12.8. The molecule has 21 heavy (non-hydrogen) atoms. The number of amides is 2. The maximum atomic E-state index is 11.5. The summed E-state index contributed by atoms with van der Waals surface area (Å²) >= 11 is 5.44. The van der Waals surface area contributed by atoms with Gasteiger partial charge in [-0.25, -0.2) is 4.79 Å². The van der Waals surface area contributed by atoms with Crippen molar-refractivity contribution in [3.63, 3.8) is 0 Å². The van der Waals surface area contributed by atoms with Gasteiger partial charge < -0.3 is 15.5 Å². The molecule has 9 heteroatoms. The van der Waals surface area contributed by atoms with Gasteiger partial charge in [-0.05, 0) is 31.6 Å². The third-order valence-electron chi connectivity index (χ3n) is 2.99. The van der Waals surface area contributed by atoms with E-state index in [4.69, 9.17) is 21.5 Å². The van der Waals surface area contributed by atoms with Crippen LogP contribution in [-0.2, 0) is 4.79 Å². The number of nitrogens with one attached hydrogen (secondary N) is 1. The van der Waals surface area contributed by atoms with Crippen LogP contribution in [-0.4, -0.2) is 52.3 Å². The van der Waals surface area contributed by atoms with E-state index in [0.29, 0.717) is 12.5 Å². The highest BCUT2D eigenvalue weighted by atomic mass is 35.5. The van der Waals surface area contributed by atoms with Crippen molar-refractivity contribution in [3.05, 3.63) is 4.91 Å². The monoisotopic (exact) mass is 323 g/mol. The number of carbonyl (C=O) groups excluding carboxylic acids is 1. The molecule has 0 radical (unpaired) electrons. The summed E-state index contributed by atoms with van der Waals surface area (Å²) in [4.78, 5) is 30.8. The van der Waals surface area contributed by atoms with Gasteiger partial charge in [0.05, 0.1) is 17.9 Å². The number of nitrogens with zero attached hydrogens (tertiary/aromatic N) is 2. The van der Waals surface area contributed by atoms with Crippen LogP contribution < -0.4 is 5.32 Å². The van der Waals surface area contributed by atoms with Crippen molar-refractivity contribution in [2.45, 2.75) is 38.7 Å². The van der Waals surface area contributed by atoms with Gasteiger partial charge in [-0.2, -0.15) is 5.01 Å². The van der Waals surface area contributed by atoms with Crippen molar-refractivity contribution in [3.8, 4) is 0 Å². The van der Waals surface area contributed by atoms with Crippen molar-refractivity contribution in [2.24, 2.45) is 11.2 Å². The fourth-order valence-electron chi connectivity index (χ4n) is 1.93. The number of carboxylic acids is 1. The third kappa shape index (κ3) is 10.0. The zero-order valence-electron chi connectivity index (χ0n) is 12.0. The summed E-state index contributed by atoms with van der Waals surface area (Å²) in [6.45, 7) is 1.71. The fourth-order valence-corrected chi connectivity index (χ4v) is 2.09. The number of alkyl halides is 1. The van der Waals surface area contributed by atoms with E-state index in [1.165, 1.54) is 0 Å². The van der Waals surface area contributed by atoms with Crippen LogP contribution in [0, 0.1) is 10.8 Å². The highest BCUT2D eigenvalue weighted by Crippen LogP contribution is 2.23. The molecule has 1 saturated carbocycles. The molecule has 1 rings (SSSR count). The van der Waals surface area contributed by atoms with Crippen LogP contribution in [0.5, 0.6) is 0 Å². The molecule has 0 bridgehead atoms. The quantitative estimate of drug-likeness (QED) is 0.403. The highest BCUT2D eigenvalue weighted by Gasteiger charge is 2.21. The predicted molar refractivity (Wildman–Crippen MR) is 77.9 cm³/mol. The largest absolute Gasteiger partial charge is 0.481 e. The second-order valence-electron chi connectivity index (χ2n) is 4.77. The van der Waals surface area contributed by atoms with Crippen LogP contribution in [0.25, 0.3) is 0 Å². The zero-order chi connectivity index (χ0) is 16.3. The lowest BCUT2D eigenvalue weighted by molar-refractivity contribution is -0.134. The lowest BCUT2D eigenvalue weighted by Gasteiger charge is -2.25. The summed E-state index contributed by atoms with van der Waals surface area (Å²) in [7, 11) is 0. The molecule has 122 valence electrons. The van der Waals surface area contributed by atoms with Gasteiger partial charge in [-0.3, -0.25) is 4.79 Å². The molecule has 0 atom stereocenters. The summed E-state index contributed by atoms with van der Waals surface area (Å²) in [6, 6.07) is -0.508. The van der Waals surface area contributed by atoms with E-state index in [-0.39, 0.29) is 18.5 Å².